The molecule has 3 saturated heterocycles. The summed E-state index contributed by atoms with van der Waals surface area (Å²) in [4.78, 5) is 16.9. The molecule has 3 aliphatic heterocycles. The molecule has 3 aliphatic rings. The van der Waals surface area contributed by atoms with Gasteiger partial charge in [0.1, 0.15) is 0 Å². The first-order chi connectivity index (χ1) is 12.5. The van der Waals surface area contributed by atoms with Crippen LogP contribution in [0.1, 0.15) is 30.4 Å². The first-order valence-corrected chi connectivity index (χ1v) is 9.37. The van der Waals surface area contributed by atoms with E-state index in [0.717, 1.165) is 44.7 Å². The number of amides is 1. The lowest BCUT2D eigenvalue weighted by Gasteiger charge is -2.23. The van der Waals surface area contributed by atoms with E-state index in [2.05, 4.69) is 9.80 Å². The number of halogens is 2. The third-order valence-corrected chi connectivity index (χ3v) is 6.06. The average Bonchev–Trinajstić information content (AvgIpc) is 3.30. The molecule has 1 aromatic carbocycles. The summed E-state index contributed by atoms with van der Waals surface area (Å²) < 4.78 is 27.3. The highest BCUT2D eigenvalue weighted by Gasteiger charge is 2.41. The minimum Gasteiger partial charge on any atom is -0.465 e. The molecule has 4 rings (SSSR count). The monoisotopic (exact) mass is 365 g/mol. The first-order valence-electron chi connectivity index (χ1n) is 9.37. The molecule has 2 atom stereocenters. The van der Waals surface area contributed by atoms with E-state index in [-0.39, 0.29) is 5.56 Å². The van der Waals surface area contributed by atoms with E-state index in [0.29, 0.717) is 37.0 Å². The number of fused-ring (bicyclic) bond motifs is 1. The molecule has 1 aromatic rings. The number of rotatable bonds is 4. The molecule has 5 nitrogen and oxygen atoms in total. The van der Waals surface area contributed by atoms with Gasteiger partial charge < -0.3 is 14.9 Å². The van der Waals surface area contributed by atoms with Crippen LogP contribution in [0.5, 0.6) is 0 Å². The molecule has 142 valence electrons. The Morgan fingerprint density at radius 1 is 1.12 bits per heavy atom. The van der Waals surface area contributed by atoms with Crippen LogP contribution in [-0.4, -0.2) is 60.3 Å². The maximum Gasteiger partial charge on any atom is 0.407 e. The van der Waals surface area contributed by atoms with E-state index in [9.17, 15) is 13.6 Å². The first kappa shape index (κ1) is 17.5. The standard InChI is InChI=1S/C19H25F2N3O2/c20-18(21)17-7-16(23-5-1-2-6-23)4-3-13(17)8-22-9-14-11-24(19(25)26)12-15(14)10-22/h3-4,7,14-15,18H,1-2,5-6,8-12H2,(H,25,26). The summed E-state index contributed by atoms with van der Waals surface area (Å²) in [5.74, 6) is 0.648. The number of nitrogens with zero attached hydrogens (tertiary/aromatic N) is 3. The van der Waals surface area contributed by atoms with Crippen molar-refractivity contribution in [2.45, 2.75) is 25.8 Å². The van der Waals surface area contributed by atoms with Gasteiger partial charge in [-0.3, -0.25) is 4.90 Å². The number of benzene rings is 1. The maximum atomic E-state index is 13.6. The molecule has 3 heterocycles. The predicted molar refractivity (Wildman–Crippen MR) is 94.7 cm³/mol. The van der Waals surface area contributed by atoms with Crippen molar-refractivity contribution >= 4 is 11.8 Å². The van der Waals surface area contributed by atoms with Gasteiger partial charge in [-0.05, 0) is 42.4 Å². The normalized spacial score (nSPS) is 26.1. The third-order valence-electron chi connectivity index (χ3n) is 6.06. The fourth-order valence-electron chi connectivity index (χ4n) is 4.72. The molecule has 1 amide bonds. The van der Waals surface area contributed by atoms with Crippen molar-refractivity contribution in [3.8, 4) is 0 Å². The van der Waals surface area contributed by atoms with Gasteiger partial charge in [0.2, 0.25) is 0 Å². The van der Waals surface area contributed by atoms with E-state index in [1.165, 1.54) is 4.90 Å². The maximum absolute atomic E-state index is 13.6. The highest BCUT2D eigenvalue weighted by molar-refractivity contribution is 5.65. The largest absolute Gasteiger partial charge is 0.465 e. The number of anilines is 1. The molecular formula is C19H25F2N3O2. The zero-order valence-corrected chi connectivity index (χ0v) is 14.8. The van der Waals surface area contributed by atoms with Crippen LogP contribution in [0.25, 0.3) is 0 Å². The van der Waals surface area contributed by atoms with Gasteiger partial charge in [-0.2, -0.15) is 0 Å². The number of hydrogen-bond donors (Lipinski definition) is 1. The highest BCUT2D eigenvalue weighted by Crippen LogP contribution is 2.34. The molecule has 0 aliphatic carbocycles. The Balaban J connectivity index is 1.44. The lowest BCUT2D eigenvalue weighted by atomic mass is 10.0. The second-order valence-electron chi connectivity index (χ2n) is 7.78. The Kier molecular flexibility index (Phi) is 4.73. The van der Waals surface area contributed by atoms with Crippen LogP contribution in [0.15, 0.2) is 18.2 Å². The number of likely N-dealkylation sites (tertiary alicyclic amines) is 2. The summed E-state index contributed by atoms with van der Waals surface area (Å²) in [7, 11) is 0. The summed E-state index contributed by atoms with van der Waals surface area (Å²) in [5.41, 5.74) is 1.73. The van der Waals surface area contributed by atoms with E-state index >= 15 is 0 Å². The predicted octanol–water partition coefficient (Wildman–Crippen LogP) is 3.27. The smallest absolute Gasteiger partial charge is 0.407 e. The van der Waals surface area contributed by atoms with E-state index in [1.54, 1.807) is 6.07 Å². The highest BCUT2D eigenvalue weighted by atomic mass is 19.3. The Hall–Kier alpha value is -1.89. The number of hydrogen-bond acceptors (Lipinski definition) is 3. The second kappa shape index (κ2) is 7.02. The fraction of sp³-hybridized carbons (Fsp3) is 0.632. The van der Waals surface area contributed by atoms with Crippen LogP contribution in [0, 0.1) is 11.8 Å². The number of carboxylic acid groups (broad SMARTS) is 1. The molecular weight excluding hydrogens is 340 g/mol. The zero-order valence-electron chi connectivity index (χ0n) is 14.8. The lowest BCUT2D eigenvalue weighted by molar-refractivity contribution is 0.145. The van der Waals surface area contributed by atoms with Gasteiger partial charge in [-0.15, -0.1) is 0 Å². The van der Waals surface area contributed by atoms with Crippen LogP contribution >= 0.6 is 0 Å². The third kappa shape index (κ3) is 3.37. The lowest BCUT2D eigenvalue weighted by Crippen LogP contribution is -2.32. The van der Waals surface area contributed by atoms with Gasteiger partial charge in [-0.1, -0.05) is 6.07 Å². The molecule has 0 aromatic heterocycles. The van der Waals surface area contributed by atoms with Gasteiger partial charge >= 0.3 is 6.09 Å². The SMILES string of the molecule is O=C(O)N1CC2CN(Cc3ccc(N4CCCC4)cc3C(F)F)CC2C1. The van der Waals surface area contributed by atoms with E-state index < -0.39 is 12.5 Å². The minimum atomic E-state index is -2.47. The Morgan fingerprint density at radius 2 is 1.77 bits per heavy atom. The molecule has 7 heteroatoms. The Bertz CT molecular complexity index is 665. The van der Waals surface area contributed by atoms with Crippen molar-refractivity contribution in [3.05, 3.63) is 29.3 Å². The van der Waals surface area contributed by atoms with Gasteiger partial charge in [0.25, 0.3) is 6.43 Å². The number of alkyl halides is 2. The topological polar surface area (TPSA) is 47.0 Å². The molecule has 2 unspecified atom stereocenters. The molecule has 0 saturated carbocycles. The Labute approximate surface area is 152 Å². The van der Waals surface area contributed by atoms with Crippen LogP contribution in [0.3, 0.4) is 0 Å². The van der Waals surface area contributed by atoms with Gasteiger partial charge in [0.15, 0.2) is 0 Å². The van der Waals surface area contributed by atoms with Gasteiger partial charge in [-0.25, -0.2) is 13.6 Å². The van der Waals surface area contributed by atoms with Gasteiger partial charge in [0.05, 0.1) is 0 Å². The fourth-order valence-corrected chi connectivity index (χ4v) is 4.72. The summed E-state index contributed by atoms with van der Waals surface area (Å²) in [6.45, 7) is 5.09. The molecule has 0 bridgehead atoms. The quantitative estimate of drug-likeness (QED) is 0.890. The number of carbonyl (C=O) groups is 1. The molecule has 26 heavy (non-hydrogen) atoms. The van der Waals surface area contributed by atoms with Crippen LogP contribution < -0.4 is 4.90 Å². The van der Waals surface area contributed by atoms with Crippen LogP contribution in [0.2, 0.25) is 0 Å². The summed E-state index contributed by atoms with van der Waals surface area (Å²) in [6, 6.07) is 5.48. The summed E-state index contributed by atoms with van der Waals surface area (Å²) in [6.07, 6.45) is -1.09. The van der Waals surface area contributed by atoms with Crippen molar-refractivity contribution in [1.29, 1.82) is 0 Å². The molecule has 3 fully saturated rings. The van der Waals surface area contributed by atoms with Gasteiger partial charge in [0, 0.05) is 57.1 Å². The van der Waals surface area contributed by atoms with Crippen molar-refractivity contribution in [2.24, 2.45) is 11.8 Å². The zero-order chi connectivity index (χ0) is 18.3. The van der Waals surface area contributed by atoms with Crippen molar-refractivity contribution in [1.82, 2.24) is 9.80 Å². The van der Waals surface area contributed by atoms with Crippen molar-refractivity contribution in [3.63, 3.8) is 0 Å². The molecule has 0 spiro atoms. The summed E-state index contributed by atoms with van der Waals surface area (Å²) in [5, 5.41) is 9.11. The molecule has 1 N–H and O–H groups in total. The molecule has 0 radical (unpaired) electrons. The minimum absolute atomic E-state index is 0.138. The summed E-state index contributed by atoms with van der Waals surface area (Å²) >= 11 is 0. The van der Waals surface area contributed by atoms with E-state index in [4.69, 9.17) is 5.11 Å². The van der Waals surface area contributed by atoms with Crippen molar-refractivity contribution < 1.29 is 18.7 Å². The van der Waals surface area contributed by atoms with Crippen LogP contribution in [-0.2, 0) is 6.54 Å². The van der Waals surface area contributed by atoms with Crippen molar-refractivity contribution in [2.75, 3.05) is 44.2 Å². The van der Waals surface area contributed by atoms with E-state index in [1.807, 2.05) is 12.1 Å². The Morgan fingerprint density at radius 3 is 2.35 bits per heavy atom. The average molecular weight is 365 g/mol. The van der Waals surface area contributed by atoms with Crippen LogP contribution in [0.4, 0.5) is 19.3 Å². The second-order valence-corrected chi connectivity index (χ2v) is 7.78.